The molecule has 3 N–H and O–H groups in total. The number of alkyl halides is 2. The first-order valence-electron chi connectivity index (χ1n) is 23.0. The Kier molecular flexibility index (Phi) is 12.3. The zero-order valence-electron chi connectivity index (χ0n) is 36.7. The Morgan fingerprint density at radius 1 is 1.02 bits per heavy atom. The van der Waals surface area contributed by atoms with Crippen LogP contribution in [0.4, 0.5) is 26.0 Å². The molecule has 4 saturated heterocycles. The largest absolute Gasteiger partial charge is 0.384 e. The molecule has 1 unspecified atom stereocenters. The second kappa shape index (κ2) is 18.4. The molecule has 5 fully saturated rings. The molecule has 21 heteroatoms. The van der Waals surface area contributed by atoms with Gasteiger partial charge in [-0.15, -0.1) is 0 Å². The summed E-state index contributed by atoms with van der Waals surface area (Å²) in [5.74, 6) is -1.54. The van der Waals surface area contributed by atoms with E-state index in [1.807, 2.05) is 6.07 Å². The predicted octanol–water partition coefficient (Wildman–Crippen LogP) is 3.36. The van der Waals surface area contributed by atoms with Crippen LogP contribution < -0.4 is 20.9 Å². The van der Waals surface area contributed by atoms with Crippen LogP contribution in [0.1, 0.15) is 101 Å². The fraction of sp³-hybridized carbons (Fsp3) is 0.556. The van der Waals surface area contributed by atoms with Crippen LogP contribution in [0.2, 0.25) is 0 Å². The molecular formula is C45H54F2N12O7. The summed E-state index contributed by atoms with van der Waals surface area (Å²) in [7, 11) is 2.13. The zero-order valence-corrected chi connectivity index (χ0v) is 36.7. The van der Waals surface area contributed by atoms with Crippen molar-refractivity contribution in [2.45, 2.75) is 88.1 Å². The van der Waals surface area contributed by atoms with Crippen molar-refractivity contribution < 1.29 is 42.2 Å². The number of hydrogen-bond acceptors (Lipinski definition) is 14. The number of fused-ring (bicyclic) bond motifs is 4. The minimum absolute atomic E-state index is 0.0170. The van der Waals surface area contributed by atoms with Crippen molar-refractivity contribution in [3.63, 3.8) is 0 Å². The number of carbonyl (C=O) groups excluding carboxylic acids is 5. The number of ether oxygens (including phenoxy) is 2. The van der Waals surface area contributed by atoms with Crippen molar-refractivity contribution in [1.29, 1.82) is 0 Å². The number of imide groups is 2. The lowest BCUT2D eigenvalue weighted by atomic mass is 9.86. The van der Waals surface area contributed by atoms with Crippen LogP contribution >= 0.6 is 0 Å². The predicted molar refractivity (Wildman–Crippen MR) is 235 cm³/mol. The van der Waals surface area contributed by atoms with E-state index in [0.717, 1.165) is 82.1 Å². The van der Waals surface area contributed by atoms with E-state index >= 15 is 0 Å². The van der Waals surface area contributed by atoms with E-state index in [-0.39, 0.29) is 59.5 Å². The highest BCUT2D eigenvalue weighted by molar-refractivity contribution is 6.25. The van der Waals surface area contributed by atoms with E-state index in [0.29, 0.717) is 43.4 Å². The van der Waals surface area contributed by atoms with E-state index in [9.17, 15) is 32.8 Å². The molecule has 1 saturated carbocycles. The third-order valence-electron chi connectivity index (χ3n) is 14.0. The van der Waals surface area contributed by atoms with Crippen molar-refractivity contribution in [3.05, 3.63) is 65.2 Å². The fourth-order valence-electron chi connectivity index (χ4n) is 10.5. The SMILES string of the molecule is CN(CCN1CCO[C@H](CCNc2cccc3c2C(=O)N(C2CCC(=O)NC2=O)C3=O)C1)CC1CCC(n2cc(NC(=O)c3cnn4ccc(N5C[C@H]6C[C@@H]5CO6)nc34)c(C(F)F)n2)CC1. The maximum absolute atomic E-state index is 14.3. The molecule has 4 aromatic rings. The Hall–Kier alpha value is -5.90. The van der Waals surface area contributed by atoms with Crippen molar-refractivity contribution in [1.82, 2.24) is 44.4 Å². The molecule has 19 nitrogen and oxygen atoms in total. The number of nitrogens with one attached hydrogen (secondary N) is 3. The van der Waals surface area contributed by atoms with Crippen LogP contribution in [0.5, 0.6) is 0 Å². The van der Waals surface area contributed by atoms with Crippen LogP contribution in [0.25, 0.3) is 5.65 Å². The normalized spacial score (nSPS) is 25.7. The standard InChI is InChI=1S/C45H54F2N12O7/c1-54(15-16-55-17-18-65-29(22-55)11-13-48-33-4-2-3-31-38(33)45(64)59(44(31)63)35-9-10-37(60)52-43(35)62)21-26-5-7-27(8-6-26)58-24-34(39(53-58)40(46)47)50-42(61)32-20-49-57-14-12-36(51-41(32)57)56-23-30-19-28(56)25-66-30/h2-4,12,14,20,24,26-30,35,40,48H,5-11,13,15-19,21-23,25H2,1H3,(H,50,61)(H,52,60,62)/t26?,27?,28-,29-,30-,35?/m1/s1. The molecule has 0 radical (unpaired) electrons. The van der Waals surface area contributed by atoms with E-state index in [4.69, 9.17) is 14.5 Å². The molecule has 350 valence electrons. The number of nitrogens with zero attached hydrogens (tertiary/aromatic N) is 9. The van der Waals surface area contributed by atoms with Gasteiger partial charge in [-0.1, -0.05) is 6.07 Å². The van der Waals surface area contributed by atoms with Gasteiger partial charge in [-0.2, -0.15) is 10.2 Å². The summed E-state index contributed by atoms with van der Waals surface area (Å²) in [5, 5.41) is 16.8. The number of piperidine rings is 1. The number of hydrogen-bond donors (Lipinski definition) is 3. The minimum atomic E-state index is -2.87. The number of halogens is 2. The van der Waals surface area contributed by atoms with Crippen molar-refractivity contribution in [3.8, 4) is 0 Å². The average Bonchev–Trinajstić information content (AvgIpc) is 4.16. The van der Waals surface area contributed by atoms with E-state index in [1.165, 1.54) is 16.9 Å². The average molecular weight is 913 g/mol. The molecule has 1 aliphatic carbocycles. The molecule has 0 spiro atoms. The van der Waals surface area contributed by atoms with E-state index in [2.05, 4.69) is 47.9 Å². The Bertz CT molecular complexity index is 2530. The van der Waals surface area contributed by atoms with Crippen molar-refractivity contribution >= 4 is 52.4 Å². The summed E-state index contributed by atoms with van der Waals surface area (Å²) in [6, 6.07) is 6.05. The highest BCUT2D eigenvalue weighted by Crippen LogP contribution is 2.37. The number of likely N-dealkylation sites (N-methyl/N-ethyl adjacent to an activating group) is 1. The number of carbonyl (C=O) groups is 5. The number of rotatable bonds is 15. The number of amides is 5. The number of benzene rings is 1. The number of aromatic nitrogens is 5. The van der Waals surface area contributed by atoms with E-state index in [1.54, 1.807) is 29.1 Å². The van der Waals surface area contributed by atoms with Gasteiger partial charge in [-0.25, -0.2) is 18.3 Å². The van der Waals surface area contributed by atoms with Crippen LogP contribution in [0.3, 0.4) is 0 Å². The van der Waals surface area contributed by atoms with Crippen LogP contribution in [-0.2, 0) is 19.1 Å². The second-order valence-corrected chi connectivity index (χ2v) is 18.4. The molecule has 8 heterocycles. The molecular weight excluding hydrogens is 859 g/mol. The quantitative estimate of drug-likeness (QED) is 0.147. The molecule has 10 rings (SSSR count). The summed E-state index contributed by atoms with van der Waals surface area (Å²) >= 11 is 0. The maximum atomic E-state index is 14.3. The Morgan fingerprint density at radius 3 is 2.64 bits per heavy atom. The lowest BCUT2D eigenvalue weighted by Crippen LogP contribution is -2.54. The summed E-state index contributed by atoms with van der Waals surface area (Å²) < 4.78 is 43.6. The minimum Gasteiger partial charge on any atom is -0.384 e. The Labute approximate surface area is 379 Å². The van der Waals surface area contributed by atoms with Gasteiger partial charge in [-0.05, 0) is 76.1 Å². The summed E-state index contributed by atoms with van der Waals surface area (Å²) in [5.41, 5.74) is 1.05. The maximum Gasteiger partial charge on any atom is 0.284 e. The lowest BCUT2D eigenvalue weighted by molar-refractivity contribution is -0.136. The Morgan fingerprint density at radius 2 is 1.86 bits per heavy atom. The van der Waals surface area contributed by atoms with Gasteiger partial charge in [0.05, 0.1) is 60.5 Å². The summed E-state index contributed by atoms with van der Waals surface area (Å²) in [4.78, 5) is 77.1. The molecule has 66 heavy (non-hydrogen) atoms. The van der Waals surface area contributed by atoms with Crippen LogP contribution in [0, 0.1) is 5.92 Å². The highest BCUT2D eigenvalue weighted by atomic mass is 19.3. The summed E-state index contributed by atoms with van der Waals surface area (Å²) in [6.07, 6.45) is 7.16. The van der Waals surface area contributed by atoms with Gasteiger partial charge >= 0.3 is 0 Å². The van der Waals surface area contributed by atoms with Gasteiger partial charge in [0.15, 0.2) is 11.3 Å². The Balaban J connectivity index is 0.672. The number of morpholine rings is 2. The molecule has 6 aliphatic rings. The molecule has 4 atom stereocenters. The van der Waals surface area contributed by atoms with Crippen molar-refractivity contribution in [2.24, 2.45) is 5.92 Å². The van der Waals surface area contributed by atoms with Gasteiger partial charge in [0.25, 0.3) is 24.1 Å². The first kappa shape index (κ1) is 44.0. The second-order valence-electron chi connectivity index (χ2n) is 18.4. The van der Waals surface area contributed by atoms with Crippen LogP contribution in [0.15, 0.2) is 42.9 Å². The third-order valence-corrected chi connectivity index (χ3v) is 14.0. The van der Waals surface area contributed by atoms with Gasteiger partial charge < -0.3 is 29.9 Å². The zero-order chi connectivity index (χ0) is 45.6. The molecule has 5 amide bonds. The first-order chi connectivity index (χ1) is 32.0. The molecule has 5 aliphatic heterocycles. The highest BCUT2D eigenvalue weighted by Gasteiger charge is 2.46. The van der Waals surface area contributed by atoms with Gasteiger partial charge in [0, 0.05) is 70.3 Å². The molecule has 2 bridgehead atoms. The van der Waals surface area contributed by atoms with Crippen LogP contribution in [-0.4, -0.2) is 159 Å². The van der Waals surface area contributed by atoms with Gasteiger partial charge in [0.2, 0.25) is 11.8 Å². The summed E-state index contributed by atoms with van der Waals surface area (Å²) in [6.45, 7) is 6.72. The molecule has 1 aromatic carbocycles. The topological polar surface area (TPSA) is 201 Å². The smallest absolute Gasteiger partial charge is 0.284 e. The third kappa shape index (κ3) is 8.75. The fourth-order valence-corrected chi connectivity index (χ4v) is 10.5. The van der Waals surface area contributed by atoms with Gasteiger partial charge in [-0.3, -0.25) is 43.8 Å². The number of anilines is 3. The first-order valence-corrected chi connectivity index (χ1v) is 23.0. The van der Waals surface area contributed by atoms with Crippen molar-refractivity contribution in [2.75, 3.05) is 81.6 Å². The molecule has 3 aromatic heterocycles. The van der Waals surface area contributed by atoms with E-state index < -0.39 is 47.7 Å². The van der Waals surface area contributed by atoms with Gasteiger partial charge in [0.1, 0.15) is 17.4 Å². The lowest BCUT2D eigenvalue weighted by Gasteiger charge is -2.35. The monoisotopic (exact) mass is 912 g/mol.